The van der Waals surface area contributed by atoms with Gasteiger partial charge in [0.25, 0.3) is 11.8 Å². The maximum absolute atomic E-state index is 12.2. The van der Waals surface area contributed by atoms with E-state index < -0.39 is 5.91 Å². The van der Waals surface area contributed by atoms with Crippen molar-refractivity contribution in [1.82, 2.24) is 5.32 Å². The zero-order valence-electron chi connectivity index (χ0n) is 12.4. The van der Waals surface area contributed by atoms with Crippen LogP contribution in [0.4, 0.5) is 10.7 Å². The fourth-order valence-electron chi connectivity index (χ4n) is 2.08. The SMILES string of the molecule is CCCCN(C)c1sc(C(=O)NC2CC2)c(N)c1C(N)=O. The second kappa shape index (κ2) is 6.34. The number of carbonyl (C=O) groups is 2. The standard InChI is InChI=1S/C14H22N4O2S/c1-3-4-7-18(2)14-9(12(16)19)10(15)11(21-14)13(20)17-8-5-6-8/h8H,3-7,15H2,1-2H3,(H2,16,19)(H,17,20). The Hall–Kier alpha value is -1.76. The number of nitrogen functional groups attached to an aromatic ring is 1. The van der Waals surface area contributed by atoms with E-state index in [9.17, 15) is 9.59 Å². The third-order valence-electron chi connectivity index (χ3n) is 3.49. The molecule has 1 aliphatic carbocycles. The molecule has 2 amide bonds. The van der Waals surface area contributed by atoms with Crippen molar-refractivity contribution in [3.05, 3.63) is 10.4 Å². The molecule has 0 atom stereocenters. The van der Waals surface area contributed by atoms with E-state index in [2.05, 4.69) is 12.2 Å². The van der Waals surface area contributed by atoms with Crippen molar-refractivity contribution in [2.45, 2.75) is 38.6 Å². The quantitative estimate of drug-likeness (QED) is 0.711. The molecule has 7 heteroatoms. The van der Waals surface area contributed by atoms with Gasteiger partial charge in [-0.25, -0.2) is 0 Å². The molecule has 0 aliphatic heterocycles. The van der Waals surface area contributed by atoms with Gasteiger partial charge < -0.3 is 21.7 Å². The van der Waals surface area contributed by atoms with Crippen LogP contribution in [0.5, 0.6) is 0 Å². The summed E-state index contributed by atoms with van der Waals surface area (Å²) < 4.78 is 0. The van der Waals surface area contributed by atoms with E-state index in [-0.39, 0.29) is 23.2 Å². The third kappa shape index (κ3) is 3.47. The van der Waals surface area contributed by atoms with Crippen LogP contribution in [0, 0.1) is 0 Å². The minimum absolute atomic E-state index is 0.198. The van der Waals surface area contributed by atoms with Gasteiger partial charge in [0.2, 0.25) is 0 Å². The largest absolute Gasteiger partial charge is 0.397 e. The van der Waals surface area contributed by atoms with Crippen LogP contribution in [0.3, 0.4) is 0 Å². The normalized spacial score (nSPS) is 14.0. The summed E-state index contributed by atoms with van der Waals surface area (Å²) in [6, 6.07) is 0.247. The van der Waals surface area contributed by atoms with E-state index >= 15 is 0 Å². The topological polar surface area (TPSA) is 101 Å². The van der Waals surface area contributed by atoms with E-state index in [1.54, 1.807) is 0 Å². The van der Waals surface area contributed by atoms with E-state index in [4.69, 9.17) is 11.5 Å². The number of nitrogens with one attached hydrogen (secondary N) is 1. The monoisotopic (exact) mass is 310 g/mol. The summed E-state index contributed by atoms with van der Waals surface area (Å²) in [5.74, 6) is -0.801. The van der Waals surface area contributed by atoms with E-state index in [1.165, 1.54) is 11.3 Å². The van der Waals surface area contributed by atoms with Crippen LogP contribution in [-0.2, 0) is 0 Å². The van der Waals surface area contributed by atoms with Gasteiger partial charge in [-0.15, -0.1) is 11.3 Å². The first kappa shape index (κ1) is 15.6. The number of amides is 2. The molecule has 5 N–H and O–H groups in total. The summed E-state index contributed by atoms with van der Waals surface area (Å²) in [5, 5.41) is 3.57. The predicted octanol–water partition coefficient (Wildman–Crippen LogP) is 1.56. The van der Waals surface area contributed by atoms with Crippen LogP contribution >= 0.6 is 11.3 Å². The van der Waals surface area contributed by atoms with Crippen LogP contribution in [0.2, 0.25) is 0 Å². The molecule has 0 unspecified atom stereocenters. The Labute approximate surface area is 128 Å². The van der Waals surface area contributed by atoms with Gasteiger partial charge in [-0.05, 0) is 19.3 Å². The molecule has 1 heterocycles. The molecular weight excluding hydrogens is 288 g/mol. The van der Waals surface area contributed by atoms with Crippen LogP contribution in [-0.4, -0.2) is 31.4 Å². The number of carbonyl (C=O) groups excluding carboxylic acids is 2. The molecular formula is C14H22N4O2S. The number of unbranched alkanes of at least 4 members (excludes halogenated alkanes) is 1. The van der Waals surface area contributed by atoms with Crippen LogP contribution in [0.1, 0.15) is 52.6 Å². The van der Waals surface area contributed by atoms with Gasteiger partial charge in [0, 0.05) is 19.6 Å². The van der Waals surface area contributed by atoms with Gasteiger partial charge in [0.05, 0.1) is 11.3 Å². The zero-order valence-corrected chi connectivity index (χ0v) is 13.3. The summed E-state index contributed by atoms with van der Waals surface area (Å²) in [5.41, 5.74) is 11.9. The highest BCUT2D eigenvalue weighted by molar-refractivity contribution is 7.19. The summed E-state index contributed by atoms with van der Waals surface area (Å²) in [7, 11) is 1.88. The highest BCUT2D eigenvalue weighted by atomic mass is 32.1. The molecule has 0 bridgehead atoms. The molecule has 0 spiro atoms. The number of hydrogen-bond donors (Lipinski definition) is 3. The number of rotatable bonds is 7. The first-order valence-corrected chi connectivity index (χ1v) is 8.01. The zero-order chi connectivity index (χ0) is 15.6. The van der Waals surface area contributed by atoms with Crippen LogP contribution in [0.15, 0.2) is 0 Å². The van der Waals surface area contributed by atoms with Crippen molar-refractivity contribution in [1.29, 1.82) is 0 Å². The first-order chi connectivity index (χ1) is 9.95. The van der Waals surface area contributed by atoms with Crippen molar-refractivity contribution < 1.29 is 9.59 Å². The molecule has 116 valence electrons. The lowest BCUT2D eigenvalue weighted by atomic mass is 10.2. The molecule has 1 aromatic heterocycles. The van der Waals surface area contributed by atoms with Crippen molar-refractivity contribution >= 4 is 33.8 Å². The van der Waals surface area contributed by atoms with Gasteiger partial charge >= 0.3 is 0 Å². The van der Waals surface area contributed by atoms with Crippen molar-refractivity contribution in [3.63, 3.8) is 0 Å². The van der Waals surface area contributed by atoms with Crippen LogP contribution < -0.4 is 21.7 Å². The van der Waals surface area contributed by atoms with Crippen molar-refractivity contribution in [2.75, 3.05) is 24.2 Å². The number of hydrogen-bond acceptors (Lipinski definition) is 5. The Balaban J connectivity index is 2.29. The average molecular weight is 310 g/mol. The number of nitrogens with zero attached hydrogens (tertiary/aromatic N) is 1. The first-order valence-electron chi connectivity index (χ1n) is 7.19. The maximum Gasteiger partial charge on any atom is 0.263 e. The summed E-state index contributed by atoms with van der Waals surface area (Å²) in [4.78, 5) is 26.2. The van der Waals surface area contributed by atoms with E-state index in [0.717, 1.165) is 32.2 Å². The lowest BCUT2D eigenvalue weighted by Crippen LogP contribution is -2.25. The second-order valence-corrected chi connectivity index (χ2v) is 6.41. The molecule has 1 saturated carbocycles. The second-order valence-electron chi connectivity index (χ2n) is 5.41. The number of thiophene rings is 1. The van der Waals surface area contributed by atoms with E-state index in [1.807, 2.05) is 11.9 Å². The Kier molecular flexibility index (Phi) is 4.72. The molecule has 1 aromatic rings. The molecule has 21 heavy (non-hydrogen) atoms. The third-order valence-corrected chi connectivity index (χ3v) is 4.80. The minimum atomic E-state index is -0.590. The fourth-order valence-corrected chi connectivity index (χ4v) is 3.20. The Morgan fingerprint density at radius 3 is 2.62 bits per heavy atom. The lowest BCUT2D eigenvalue weighted by Gasteiger charge is -2.17. The summed E-state index contributed by atoms with van der Waals surface area (Å²) in [6.45, 7) is 2.89. The molecule has 0 radical (unpaired) electrons. The summed E-state index contributed by atoms with van der Waals surface area (Å²) in [6.07, 6.45) is 4.05. The highest BCUT2D eigenvalue weighted by Gasteiger charge is 2.29. The smallest absolute Gasteiger partial charge is 0.263 e. The van der Waals surface area contributed by atoms with Gasteiger partial charge in [0.1, 0.15) is 9.88 Å². The molecule has 1 fully saturated rings. The Morgan fingerprint density at radius 2 is 2.10 bits per heavy atom. The Bertz CT molecular complexity index is 551. The van der Waals surface area contributed by atoms with E-state index in [0.29, 0.717) is 9.88 Å². The molecule has 0 aromatic carbocycles. The van der Waals surface area contributed by atoms with Gasteiger partial charge in [-0.3, -0.25) is 9.59 Å². The van der Waals surface area contributed by atoms with Crippen molar-refractivity contribution in [3.8, 4) is 0 Å². The fraction of sp³-hybridized carbons (Fsp3) is 0.571. The lowest BCUT2D eigenvalue weighted by molar-refractivity contribution is 0.0955. The molecule has 2 rings (SSSR count). The van der Waals surface area contributed by atoms with Gasteiger partial charge in [-0.2, -0.15) is 0 Å². The molecule has 1 aliphatic rings. The number of nitrogens with two attached hydrogens (primary N) is 2. The number of anilines is 2. The average Bonchev–Trinajstić information content (AvgIpc) is 3.16. The minimum Gasteiger partial charge on any atom is -0.397 e. The molecule has 6 nitrogen and oxygen atoms in total. The molecule has 0 saturated heterocycles. The number of primary amides is 1. The maximum atomic E-state index is 12.2. The predicted molar refractivity (Wildman–Crippen MR) is 85.9 cm³/mol. The van der Waals surface area contributed by atoms with Gasteiger partial charge in [-0.1, -0.05) is 13.3 Å². The van der Waals surface area contributed by atoms with Crippen molar-refractivity contribution in [2.24, 2.45) is 5.73 Å². The summed E-state index contributed by atoms with van der Waals surface area (Å²) >= 11 is 1.24. The Morgan fingerprint density at radius 1 is 1.43 bits per heavy atom. The highest BCUT2D eigenvalue weighted by Crippen LogP contribution is 2.38. The van der Waals surface area contributed by atoms with Crippen LogP contribution in [0.25, 0.3) is 0 Å². The van der Waals surface area contributed by atoms with Gasteiger partial charge in [0.15, 0.2) is 0 Å².